The van der Waals surface area contributed by atoms with Crippen molar-refractivity contribution in [1.82, 2.24) is 0 Å². The molecule has 0 N–H and O–H groups in total. The average Bonchev–Trinajstić information content (AvgIpc) is 2.48. The third-order valence-corrected chi connectivity index (χ3v) is 1.95. The minimum absolute atomic E-state index is 0.171. The van der Waals surface area contributed by atoms with E-state index in [1.807, 2.05) is 52.8 Å². The third-order valence-electron chi connectivity index (χ3n) is 1.95. The van der Waals surface area contributed by atoms with Crippen LogP contribution in [0.1, 0.15) is 38.8 Å². The van der Waals surface area contributed by atoms with Crippen molar-refractivity contribution in [3.63, 3.8) is 0 Å². The molecule has 0 aliphatic heterocycles. The molecule has 2 aromatic rings. The number of hydrogen-bond acceptors (Lipinski definition) is 0. The van der Waals surface area contributed by atoms with E-state index in [1.54, 1.807) is 12.1 Å². The molecule has 0 aromatic heterocycles. The van der Waals surface area contributed by atoms with Crippen LogP contribution in [0, 0.1) is 19.7 Å². The second kappa shape index (κ2) is 14.4. The molecule has 2 rings (SSSR count). The summed E-state index contributed by atoms with van der Waals surface area (Å²) in [5.41, 5.74) is 2.41. The molecule has 0 aliphatic rings. The van der Waals surface area contributed by atoms with Crippen molar-refractivity contribution in [1.29, 1.82) is 0 Å². The lowest BCUT2D eigenvalue weighted by molar-refractivity contribution is 0.627. The highest BCUT2D eigenvalue weighted by Crippen LogP contribution is 1.98. The Kier molecular flexibility index (Phi) is 15.0. The maximum Gasteiger partial charge on any atom is 0.123 e. The van der Waals surface area contributed by atoms with Gasteiger partial charge in [0.2, 0.25) is 0 Å². The highest BCUT2D eigenvalue weighted by molar-refractivity contribution is 5.13. The summed E-state index contributed by atoms with van der Waals surface area (Å²) in [4.78, 5) is 0. The summed E-state index contributed by atoms with van der Waals surface area (Å²) in [5.74, 6) is -0.171. The van der Waals surface area contributed by atoms with E-state index in [4.69, 9.17) is 0 Å². The molecule has 106 valence electrons. The standard InChI is InChI=1S/C7H7F.C7H8.2C2H6/c1-6-2-4-7(8)5-3-6;1-7-5-3-2-4-6-7;2*1-2/h2-5H,1H3;2-6H,1H3;2*1-2H3. The van der Waals surface area contributed by atoms with Gasteiger partial charge in [0.15, 0.2) is 0 Å². The van der Waals surface area contributed by atoms with Gasteiger partial charge in [-0.2, -0.15) is 0 Å². The fourth-order valence-electron chi connectivity index (χ4n) is 1.07. The zero-order chi connectivity index (χ0) is 15.1. The summed E-state index contributed by atoms with van der Waals surface area (Å²) in [6.45, 7) is 12.0. The highest BCUT2D eigenvalue weighted by Gasteiger charge is 1.83. The van der Waals surface area contributed by atoms with Crippen LogP contribution in [0.4, 0.5) is 4.39 Å². The van der Waals surface area contributed by atoms with E-state index in [0.29, 0.717) is 0 Å². The molecule has 0 saturated carbocycles. The molecule has 0 fully saturated rings. The molecule has 0 amide bonds. The summed E-state index contributed by atoms with van der Waals surface area (Å²) < 4.78 is 12.1. The fraction of sp³-hybridized carbons (Fsp3) is 0.333. The Bertz CT molecular complexity index is 355. The summed E-state index contributed by atoms with van der Waals surface area (Å²) in [5, 5.41) is 0. The van der Waals surface area contributed by atoms with Crippen molar-refractivity contribution in [3.05, 3.63) is 71.5 Å². The molecule has 0 atom stereocenters. The van der Waals surface area contributed by atoms with Crippen molar-refractivity contribution in [3.8, 4) is 0 Å². The normalized spacial score (nSPS) is 7.74. The number of benzene rings is 2. The fourth-order valence-corrected chi connectivity index (χ4v) is 1.07. The summed E-state index contributed by atoms with van der Waals surface area (Å²) in [6, 6.07) is 16.7. The third kappa shape index (κ3) is 12.6. The van der Waals surface area contributed by atoms with Crippen LogP contribution in [-0.2, 0) is 0 Å². The van der Waals surface area contributed by atoms with E-state index in [9.17, 15) is 4.39 Å². The monoisotopic (exact) mass is 262 g/mol. The van der Waals surface area contributed by atoms with E-state index in [1.165, 1.54) is 17.7 Å². The van der Waals surface area contributed by atoms with Crippen molar-refractivity contribution < 1.29 is 4.39 Å². The predicted octanol–water partition coefficient (Wildman–Crippen LogP) is 6.18. The Morgan fingerprint density at radius 2 is 0.947 bits per heavy atom. The molecule has 19 heavy (non-hydrogen) atoms. The van der Waals surface area contributed by atoms with Crippen LogP contribution >= 0.6 is 0 Å². The highest BCUT2D eigenvalue weighted by atomic mass is 19.1. The van der Waals surface area contributed by atoms with Crippen molar-refractivity contribution in [2.24, 2.45) is 0 Å². The zero-order valence-corrected chi connectivity index (χ0v) is 13.1. The van der Waals surface area contributed by atoms with E-state index in [-0.39, 0.29) is 5.82 Å². The van der Waals surface area contributed by atoms with Gasteiger partial charge in [0.05, 0.1) is 0 Å². The van der Waals surface area contributed by atoms with Gasteiger partial charge in [-0.15, -0.1) is 0 Å². The van der Waals surface area contributed by atoms with E-state index in [2.05, 4.69) is 19.1 Å². The SMILES string of the molecule is CC.CC.Cc1ccc(F)cc1.Cc1ccccc1. The Morgan fingerprint density at radius 3 is 1.21 bits per heavy atom. The van der Waals surface area contributed by atoms with Gasteiger partial charge in [-0.3, -0.25) is 0 Å². The van der Waals surface area contributed by atoms with Gasteiger partial charge in [0, 0.05) is 0 Å². The van der Waals surface area contributed by atoms with Crippen LogP contribution in [-0.4, -0.2) is 0 Å². The van der Waals surface area contributed by atoms with E-state index >= 15 is 0 Å². The number of hydrogen-bond donors (Lipinski definition) is 0. The van der Waals surface area contributed by atoms with E-state index in [0.717, 1.165) is 5.56 Å². The smallest absolute Gasteiger partial charge is 0.123 e. The molecule has 0 saturated heterocycles. The first kappa shape index (κ1) is 19.7. The summed E-state index contributed by atoms with van der Waals surface area (Å²) in [7, 11) is 0. The molecule has 1 heteroatoms. The van der Waals surface area contributed by atoms with Gasteiger partial charge in [-0.05, 0) is 26.0 Å². The quantitative estimate of drug-likeness (QED) is 0.531. The zero-order valence-electron chi connectivity index (χ0n) is 13.1. The van der Waals surface area contributed by atoms with Gasteiger partial charge in [0.1, 0.15) is 5.82 Å². The largest absolute Gasteiger partial charge is 0.207 e. The molecule has 0 nitrogen and oxygen atoms in total. The van der Waals surface area contributed by atoms with Crippen LogP contribution in [0.3, 0.4) is 0 Å². The van der Waals surface area contributed by atoms with E-state index < -0.39 is 0 Å². The van der Waals surface area contributed by atoms with Gasteiger partial charge >= 0.3 is 0 Å². The summed E-state index contributed by atoms with van der Waals surface area (Å²) >= 11 is 0. The lowest BCUT2D eigenvalue weighted by Crippen LogP contribution is -1.71. The molecule has 0 radical (unpaired) electrons. The molecular weight excluding hydrogens is 235 g/mol. The minimum atomic E-state index is -0.171. The van der Waals surface area contributed by atoms with Crippen molar-refractivity contribution >= 4 is 0 Å². The maximum atomic E-state index is 12.1. The first-order chi connectivity index (χ1) is 9.18. The molecule has 0 aliphatic carbocycles. The van der Waals surface area contributed by atoms with Gasteiger partial charge < -0.3 is 0 Å². The second-order valence-corrected chi connectivity index (χ2v) is 3.45. The van der Waals surface area contributed by atoms with Crippen molar-refractivity contribution in [2.45, 2.75) is 41.5 Å². The number of rotatable bonds is 0. The Hall–Kier alpha value is -1.63. The first-order valence-electron chi connectivity index (χ1n) is 6.92. The van der Waals surface area contributed by atoms with Crippen LogP contribution in [0.2, 0.25) is 0 Å². The molecule has 0 bridgehead atoms. The lowest BCUT2D eigenvalue weighted by atomic mass is 10.2. The van der Waals surface area contributed by atoms with Crippen LogP contribution in [0.15, 0.2) is 54.6 Å². The second-order valence-electron chi connectivity index (χ2n) is 3.45. The molecule has 0 spiro atoms. The lowest BCUT2D eigenvalue weighted by Gasteiger charge is -1.87. The Balaban J connectivity index is 0. The first-order valence-corrected chi connectivity index (χ1v) is 6.92. The van der Waals surface area contributed by atoms with Gasteiger partial charge in [-0.25, -0.2) is 4.39 Å². The Morgan fingerprint density at radius 1 is 0.579 bits per heavy atom. The van der Waals surface area contributed by atoms with Gasteiger partial charge in [-0.1, -0.05) is 81.3 Å². The van der Waals surface area contributed by atoms with Crippen LogP contribution in [0.5, 0.6) is 0 Å². The molecule has 0 unspecified atom stereocenters. The minimum Gasteiger partial charge on any atom is -0.207 e. The van der Waals surface area contributed by atoms with Crippen LogP contribution < -0.4 is 0 Å². The number of halogens is 1. The van der Waals surface area contributed by atoms with Gasteiger partial charge in [0.25, 0.3) is 0 Å². The number of aryl methyl sites for hydroxylation is 2. The topological polar surface area (TPSA) is 0 Å². The average molecular weight is 262 g/mol. The molecule has 0 heterocycles. The predicted molar refractivity (Wildman–Crippen MR) is 85.0 cm³/mol. The Labute approximate surface area is 118 Å². The molecule has 2 aromatic carbocycles. The molecular formula is C18H27F. The maximum absolute atomic E-state index is 12.1. The van der Waals surface area contributed by atoms with Crippen LogP contribution in [0.25, 0.3) is 0 Å². The van der Waals surface area contributed by atoms with Crippen molar-refractivity contribution in [2.75, 3.05) is 0 Å². The summed E-state index contributed by atoms with van der Waals surface area (Å²) in [6.07, 6.45) is 0.